The van der Waals surface area contributed by atoms with Gasteiger partial charge < -0.3 is 9.47 Å². The van der Waals surface area contributed by atoms with Crippen LogP contribution in [0.25, 0.3) is 20.9 Å². The third-order valence-electron chi connectivity index (χ3n) is 3.35. The first-order valence-corrected chi connectivity index (χ1v) is 5.57. The lowest BCUT2D eigenvalue weighted by Gasteiger charge is -2.50. The summed E-state index contributed by atoms with van der Waals surface area (Å²) in [6.45, 7) is 1.76. The first-order chi connectivity index (χ1) is 8.32. The van der Waals surface area contributed by atoms with Crippen molar-refractivity contribution in [2.24, 2.45) is 15.6 Å². The highest BCUT2D eigenvalue weighted by Gasteiger charge is 2.52. The third kappa shape index (κ3) is 2.30. The number of nitrogens with zero attached hydrogens (tertiary/aromatic N) is 6. The van der Waals surface area contributed by atoms with Crippen LogP contribution in [0.3, 0.4) is 0 Å². The van der Waals surface area contributed by atoms with Gasteiger partial charge in [-0.15, -0.1) is 0 Å². The van der Waals surface area contributed by atoms with Gasteiger partial charge in [-0.05, 0) is 23.9 Å². The van der Waals surface area contributed by atoms with Crippen LogP contribution in [0.5, 0.6) is 0 Å². The average molecular weight is 238 g/mol. The molecule has 2 atom stereocenters. The van der Waals surface area contributed by atoms with E-state index < -0.39 is 0 Å². The molecule has 2 rings (SSSR count). The summed E-state index contributed by atoms with van der Waals surface area (Å²) in [6.07, 6.45) is 1.87. The summed E-state index contributed by atoms with van der Waals surface area (Å²) in [5.41, 5.74) is 16.4. The molecule has 0 aromatic carbocycles. The summed E-state index contributed by atoms with van der Waals surface area (Å²) in [7, 11) is 0. The Morgan fingerprint density at radius 1 is 1.18 bits per heavy atom. The van der Waals surface area contributed by atoms with Gasteiger partial charge in [-0.3, -0.25) is 0 Å². The van der Waals surface area contributed by atoms with E-state index in [2.05, 4.69) is 20.1 Å². The minimum Gasteiger partial charge on any atom is -0.375 e. The van der Waals surface area contributed by atoms with Crippen LogP contribution in [0.15, 0.2) is 10.2 Å². The number of hydrogen-bond donors (Lipinski definition) is 0. The van der Waals surface area contributed by atoms with Crippen molar-refractivity contribution in [2.45, 2.75) is 25.0 Å². The summed E-state index contributed by atoms with van der Waals surface area (Å²) in [4.78, 5) is 5.53. The zero-order chi connectivity index (χ0) is 12.1. The quantitative estimate of drug-likeness (QED) is 0.414. The van der Waals surface area contributed by atoms with Crippen LogP contribution in [-0.2, 0) is 9.47 Å². The van der Waals surface area contributed by atoms with Crippen molar-refractivity contribution in [3.63, 3.8) is 0 Å². The molecule has 0 aromatic heterocycles. The van der Waals surface area contributed by atoms with E-state index >= 15 is 0 Å². The monoisotopic (exact) mass is 238 g/mol. The summed E-state index contributed by atoms with van der Waals surface area (Å²) in [5.74, 6) is 0. The maximum Gasteiger partial charge on any atom is 0.0917 e. The van der Waals surface area contributed by atoms with Crippen molar-refractivity contribution in [3.8, 4) is 0 Å². The molecule has 2 saturated heterocycles. The van der Waals surface area contributed by atoms with Gasteiger partial charge in [0.25, 0.3) is 0 Å². The van der Waals surface area contributed by atoms with Crippen LogP contribution in [0, 0.1) is 5.41 Å². The molecule has 2 aliphatic rings. The topological polar surface area (TPSA) is 116 Å². The van der Waals surface area contributed by atoms with E-state index in [0.717, 1.165) is 19.4 Å². The van der Waals surface area contributed by atoms with Crippen LogP contribution in [0.1, 0.15) is 12.8 Å². The van der Waals surface area contributed by atoms with E-state index in [1.165, 1.54) is 0 Å². The molecule has 8 nitrogen and oxygen atoms in total. The summed E-state index contributed by atoms with van der Waals surface area (Å²) in [6, 6.07) is 0. The first kappa shape index (κ1) is 12.0. The zero-order valence-electron chi connectivity index (χ0n) is 9.40. The van der Waals surface area contributed by atoms with Crippen LogP contribution in [0.4, 0.5) is 0 Å². The van der Waals surface area contributed by atoms with Gasteiger partial charge in [0.05, 0.1) is 18.8 Å². The highest BCUT2D eigenvalue weighted by atomic mass is 16.6. The van der Waals surface area contributed by atoms with Crippen molar-refractivity contribution >= 4 is 0 Å². The standard InChI is InChI=1S/C9H14N6O2/c10-14-12-4-9(5-13-15-11)6-17-8(9)7-2-1-3-16-7/h7-8H,1-6H2. The summed E-state index contributed by atoms with van der Waals surface area (Å²) in [5, 5.41) is 7.20. The Hall–Kier alpha value is -1.46. The molecule has 0 bridgehead atoms. The minimum absolute atomic E-state index is 0.0338. The van der Waals surface area contributed by atoms with E-state index in [4.69, 9.17) is 20.5 Å². The van der Waals surface area contributed by atoms with E-state index in [9.17, 15) is 0 Å². The van der Waals surface area contributed by atoms with Crippen molar-refractivity contribution < 1.29 is 9.47 Å². The fourth-order valence-electron chi connectivity index (χ4n) is 2.42. The maximum atomic E-state index is 8.41. The van der Waals surface area contributed by atoms with Crippen molar-refractivity contribution in [3.05, 3.63) is 20.9 Å². The Bertz CT molecular complexity index is 348. The van der Waals surface area contributed by atoms with E-state index in [0.29, 0.717) is 6.61 Å². The van der Waals surface area contributed by atoms with Gasteiger partial charge in [0.15, 0.2) is 0 Å². The first-order valence-electron chi connectivity index (χ1n) is 5.57. The van der Waals surface area contributed by atoms with E-state index in [1.807, 2.05) is 0 Å². The van der Waals surface area contributed by atoms with E-state index in [1.54, 1.807) is 0 Å². The fraction of sp³-hybridized carbons (Fsp3) is 1.00. The Balaban J connectivity index is 2.08. The molecule has 2 heterocycles. The lowest BCUT2D eigenvalue weighted by molar-refractivity contribution is -0.219. The predicted molar refractivity (Wildman–Crippen MR) is 59.2 cm³/mol. The van der Waals surface area contributed by atoms with Gasteiger partial charge in [0.2, 0.25) is 0 Å². The number of rotatable bonds is 5. The van der Waals surface area contributed by atoms with Crippen LogP contribution in [0.2, 0.25) is 0 Å². The largest absolute Gasteiger partial charge is 0.375 e. The van der Waals surface area contributed by atoms with Crippen molar-refractivity contribution in [2.75, 3.05) is 26.3 Å². The molecule has 0 spiro atoms. The van der Waals surface area contributed by atoms with Gasteiger partial charge in [-0.1, -0.05) is 10.2 Å². The lowest BCUT2D eigenvalue weighted by Crippen LogP contribution is -2.60. The molecule has 2 aliphatic heterocycles. The van der Waals surface area contributed by atoms with Crippen LogP contribution < -0.4 is 0 Å². The molecule has 0 aliphatic carbocycles. The molecule has 2 fully saturated rings. The fourth-order valence-corrected chi connectivity index (χ4v) is 2.42. The second-order valence-corrected chi connectivity index (χ2v) is 4.42. The second-order valence-electron chi connectivity index (χ2n) is 4.42. The molecular weight excluding hydrogens is 224 g/mol. The maximum absolute atomic E-state index is 8.41. The van der Waals surface area contributed by atoms with Gasteiger partial charge in [-0.2, -0.15) is 0 Å². The lowest BCUT2D eigenvalue weighted by atomic mass is 9.75. The molecule has 92 valence electrons. The molecular formula is C9H14N6O2. The number of ether oxygens (including phenoxy) is 2. The second kappa shape index (κ2) is 5.25. The Morgan fingerprint density at radius 3 is 2.29 bits per heavy atom. The normalized spacial score (nSPS) is 35.5. The Morgan fingerprint density at radius 2 is 1.88 bits per heavy atom. The number of hydrogen-bond acceptors (Lipinski definition) is 4. The molecule has 0 aromatic rings. The highest BCUT2D eigenvalue weighted by Crippen LogP contribution is 2.41. The molecule has 0 saturated carbocycles. The zero-order valence-corrected chi connectivity index (χ0v) is 9.40. The van der Waals surface area contributed by atoms with E-state index in [-0.39, 0.29) is 30.7 Å². The molecule has 0 radical (unpaired) electrons. The Kier molecular flexibility index (Phi) is 3.71. The van der Waals surface area contributed by atoms with Crippen molar-refractivity contribution in [1.29, 1.82) is 0 Å². The van der Waals surface area contributed by atoms with Crippen molar-refractivity contribution in [1.82, 2.24) is 0 Å². The molecule has 0 N–H and O–H groups in total. The van der Waals surface area contributed by atoms with Crippen LogP contribution in [-0.4, -0.2) is 38.5 Å². The SMILES string of the molecule is [N-]=[N+]=NCC1(CN=[N+]=[N-])COC1C1CCCO1. The van der Waals surface area contributed by atoms with Gasteiger partial charge >= 0.3 is 0 Å². The average Bonchev–Trinajstić information content (AvgIpc) is 2.81. The molecule has 8 heteroatoms. The van der Waals surface area contributed by atoms with Gasteiger partial charge in [0, 0.05) is 34.9 Å². The Labute approximate surface area is 98.1 Å². The molecule has 0 amide bonds. The predicted octanol–water partition coefficient (Wildman–Crippen LogP) is 2.17. The molecule has 17 heavy (non-hydrogen) atoms. The number of azide groups is 2. The van der Waals surface area contributed by atoms with Gasteiger partial charge in [0.1, 0.15) is 0 Å². The summed E-state index contributed by atoms with van der Waals surface area (Å²) >= 11 is 0. The minimum atomic E-state index is -0.381. The van der Waals surface area contributed by atoms with Gasteiger partial charge in [-0.25, -0.2) is 0 Å². The summed E-state index contributed by atoms with van der Waals surface area (Å²) < 4.78 is 11.1. The third-order valence-corrected chi connectivity index (χ3v) is 3.35. The van der Waals surface area contributed by atoms with Crippen LogP contribution >= 0.6 is 0 Å². The molecule has 2 unspecified atom stereocenters. The smallest absolute Gasteiger partial charge is 0.0917 e. The highest BCUT2D eigenvalue weighted by molar-refractivity contribution is 5.02.